The third kappa shape index (κ3) is 4.23. The van der Waals surface area contributed by atoms with Gasteiger partial charge in [0.25, 0.3) is 5.91 Å². The van der Waals surface area contributed by atoms with Crippen molar-refractivity contribution in [3.63, 3.8) is 0 Å². The predicted molar refractivity (Wildman–Crippen MR) is 124 cm³/mol. The van der Waals surface area contributed by atoms with Crippen LogP contribution in [-0.2, 0) is 11.2 Å². The highest BCUT2D eigenvalue weighted by Crippen LogP contribution is 2.56. The number of nitrogens with one attached hydrogen (secondary N) is 1. The smallest absolute Gasteiger partial charge is 0.252 e. The largest absolute Gasteiger partial charge is 0.490 e. The molecule has 0 radical (unpaired) electrons. The zero-order chi connectivity index (χ0) is 23.0. The summed E-state index contributed by atoms with van der Waals surface area (Å²) in [5.41, 5.74) is 9.02. The molecule has 0 atom stereocenters. The first-order valence-corrected chi connectivity index (χ1v) is 11.4. The number of ether oxygens (including phenoxy) is 1. The molecule has 0 bridgehead atoms. The van der Waals surface area contributed by atoms with Crippen molar-refractivity contribution < 1.29 is 14.3 Å². The zero-order valence-electron chi connectivity index (χ0n) is 18.7. The molecule has 5 rings (SSSR count). The molecule has 0 unspecified atom stereocenters. The van der Waals surface area contributed by atoms with Crippen molar-refractivity contribution in [2.75, 3.05) is 0 Å². The molecule has 3 N–H and O–H groups in total. The lowest BCUT2D eigenvalue weighted by molar-refractivity contribution is -0.126. The number of nitrogens with two attached hydrogens (primary N) is 1. The predicted octanol–water partition coefficient (Wildman–Crippen LogP) is 3.33. The minimum atomic E-state index is -0.476. The molecule has 2 aliphatic rings. The van der Waals surface area contributed by atoms with E-state index in [1.807, 2.05) is 48.0 Å². The van der Waals surface area contributed by atoms with Crippen molar-refractivity contribution in [1.82, 2.24) is 15.1 Å². The fourth-order valence-electron chi connectivity index (χ4n) is 5.26. The summed E-state index contributed by atoms with van der Waals surface area (Å²) < 4.78 is 7.89. The zero-order valence-corrected chi connectivity index (χ0v) is 18.7. The minimum Gasteiger partial charge on any atom is -0.490 e. The van der Waals surface area contributed by atoms with Gasteiger partial charge in [-0.15, -0.1) is 0 Å². The maximum absolute atomic E-state index is 12.6. The van der Waals surface area contributed by atoms with Gasteiger partial charge in [0, 0.05) is 17.3 Å². The van der Waals surface area contributed by atoms with E-state index in [0.29, 0.717) is 17.7 Å². The van der Waals surface area contributed by atoms with E-state index in [1.54, 1.807) is 24.4 Å². The van der Waals surface area contributed by atoms with Gasteiger partial charge < -0.3 is 15.8 Å². The maximum Gasteiger partial charge on any atom is 0.252 e. The van der Waals surface area contributed by atoms with Gasteiger partial charge in [0.2, 0.25) is 5.91 Å². The lowest BCUT2D eigenvalue weighted by Crippen LogP contribution is -2.59. The number of carbonyl (C=O) groups is 2. The molecule has 2 fully saturated rings. The third-order valence-electron chi connectivity index (χ3n) is 6.95. The van der Waals surface area contributed by atoms with Gasteiger partial charge in [-0.1, -0.05) is 30.3 Å². The van der Waals surface area contributed by atoms with Gasteiger partial charge in [-0.3, -0.25) is 9.59 Å². The molecule has 7 heteroatoms. The van der Waals surface area contributed by atoms with Crippen LogP contribution in [0.25, 0.3) is 5.69 Å². The Morgan fingerprint density at radius 3 is 2.52 bits per heavy atom. The van der Waals surface area contributed by atoms with Gasteiger partial charge in [-0.2, -0.15) is 5.10 Å². The molecule has 2 aromatic carbocycles. The summed E-state index contributed by atoms with van der Waals surface area (Å²) in [4.78, 5) is 24.2. The van der Waals surface area contributed by atoms with Crippen LogP contribution in [0.4, 0.5) is 0 Å². The second-order valence-electron chi connectivity index (χ2n) is 9.36. The summed E-state index contributed by atoms with van der Waals surface area (Å²) in [7, 11) is 0. The van der Waals surface area contributed by atoms with E-state index >= 15 is 0 Å². The number of primary amides is 1. The van der Waals surface area contributed by atoms with Crippen LogP contribution in [0.1, 0.15) is 47.3 Å². The molecular weight excluding hydrogens is 416 g/mol. The van der Waals surface area contributed by atoms with Crippen LogP contribution in [0.3, 0.4) is 0 Å². The maximum atomic E-state index is 12.6. The number of para-hydroxylation sites is 2. The summed E-state index contributed by atoms with van der Waals surface area (Å²) in [5.74, 6) is 0.115. The van der Waals surface area contributed by atoms with E-state index in [9.17, 15) is 9.59 Å². The van der Waals surface area contributed by atoms with Crippen molar-refractivity contribution in [3.05, 3.63) is 77.6 Å². The fraction of sp³-hybridized carbons (Fsp3) is 0.346. The number of carbonyl (C=O) groups excluding carboxylic acids is 2. The first-order valence-electron chi connectivity index (χ1n) is 11.4. The van der Waals surface area contributed by atoms with Gasteiger partial charge in [0.1, 0.15) is 5.75 Å². The average molecular weight is 445 g/mol. The average Bonchev–Trinajstić information content (AvgIpc) is 3.11. The van der Waals surface area contributed by atoms with Gasteiger partial charge in [0.05, 0.1) is 30.0 Å². The van der Waals surface area contributed by atoms with E-state index in [0.717, 1.165) is 42.6 Å². The van der Waals surface area contributed by atoms with E-state index in [2.05, 4.69) is 10.4 Å². The molecule has 2 saturated carbocycles. The van der Waals surface area contributed by atoms with Crippen LogP contribution in [0.2, 0.25) is 0 Å². The van der Waals surface area contributed by atoms with Gasteiger partial charge in [0.15, 0.2) is 0 Å². The molecule has 170 valence electrons. The standard InChI is InChI=1S/C26H28N4O3/c1-17-18(16-28-30(17)20-7-3-2-4-8-20)11-24(31)29-19-12-26(13-19)14-21(15-26)33-23-10-6-5-9-22(23)25(27)32/h2-10,16,19,21H,11-15H2,1H3,(H2,27,32)(H,29,31). The summed E-state index contributed by atoms with van der Waals surface area (Å²) in [6, 6.07) is 17.2. The van der Waals surface area contributed by atoms with Gasteiger partial charge in [-0.25, -0.2) is 4.68 Å². The number of nitrogens with zero attached hydrogens (tertiary/aromatic N) is 2. The van der Waals surface area contributed by atoms with E-state index in [4.69, 9.17) is 10.5 Å². The summed E-state index contributed by atoms with van der Waals surface area (Å²) in [5, 5.41) is 7.63. The Kier molecular flexibility index (Phi) is 5.40. The van der Waals surface area contributed by atoms with Crippen LogP contribution < -0.4 is 15.8 Å². The van der Waals surface area contributed by atoms with Crippen LogP contribution in [0.5, 0.6) is 5.75 Å². The highest BCUT2D eigenvalue weighted by Gasteiger charge is 2.54. The first kappa shape index (κ1) is 21.2. The molecule has 7 nitrogen and oxygen atoms in total. The Morgan fingerprint density at radius 1 is 1.09 bits per heavy atom. The van der Waals surface area contributed by atoms with Gasteiger partial charge in [-0.05, 0) is 62.3 Å². The topological polar surface area (TPSA) is 99.2 Å². The van der Waals surface area contributed by atoms with Gasteiger partial charge >= 0.3 is 0 Å². The summed E-state index contributed by atoms with van der Waals surface area (Å²) >= 11 is 0. The number of amides is 2. The van der Waals surface area contributed by atoms with Crippen molar-refractivity contribution in [2.45, 2.75) is 51.2 Å². The summed E-state index contributed by atoms with van der Waals surface area (Å²) in [6.07, 6.45) is 6.02. The Labute approximate surface area is 192 Å². The van der Waals surface area contributed by atoms with E-state index < -0.39 is 5.91 Å². The molecule has 0 aliphatic heterocycles. The Morgan fingerprint density at radius 2 is 1.79 bits per heavy atom. The van der Waals surface area contributed by atoms with Crippen molar-refractivity contribution in [2.24, 2.45) is 11.1 Å². The molecule has 2 aliphatic carbocycles. The second kappa shape index (κ2) is 8.39. The molecule has 3 aromatic rings. The normalized spacial score (nSPS) is 23.4. The fourth-order valence-corrected chi connectivity index (χ4v) is 5.26. The first-order chi connectivity index (χ1) is 15.9. The molecule has 0 saturated heterocycles. The molecular formula is C26H28N4O3. The SMILES string of the molecule is Cc1c(CC(=O)NC2CC3(C2)CC(Oc2ccccc2C(N)=O)C3)cnn1-c1ccccc1. The van der Waals surface area contributed by atoms with Crippen LogP contribution in [0, 0.1) is 12.3 Å². The lowest BCUT2D eigenvalue weighted by atomic mass is 9.53. The van der Waals surface area contributed by atoms with E-state index in [1.165, 1.54) is 0 Å². The monoisotopic (exact) mass is 444 g/mol. The van der Waals surface area contributed by atoms with Crippen LogP contribution >= 0.6 is 0 Å². The quantitative estimate of drug-likeness (QED) is 0.584. The molecule has 1 aromatic heterocycles. The molecule has 1 heterocycles. The number of hydrogen-bond acceptors (Lipinski definition) is 4. The molecule has 33 heavy (non-hydrogen) atoms. The number of rotatable bonds is 7. The van der Waals surface area contributed by atoms with Crippen molar-refractivity contribution in [3.8, 4) is 11.4 Å². The highest BCUT2D eigenvalue weighted by molar-refractivity contribution is 5.95. The number of hydrogen-bond donors (Lipinski definition) is 2. The molecule has 2 amide bonds. The van der Waals surface area contributed by atoms with Crippen molar-refractivity contribution >= 4 is 11.8 Å². The van der Waals surface area contributed by atoms with Crippen LogP contribution in [0.15, 0.2) is 60.8 Å². The van der Waals surface area contributed by atoms with E-state index in [-0.39, 0.29) is 23.5 Å². The summed E-state index contributed by atoms with van der Waals surface area (Å²) in [6.45, 7) is 1.99. The minimum absolute atomic E-state index is 0.0353. The Balaban J connectivity index is 1.09. The second-order valence-corrected chi connectivity index (χ2v) is 9.36. The molecule has 1 spiro atoms. The lowest BCUT2D eigenvalue weighted by Gasteiger charge is -2.57. The third-order valence-corrected chi connectivity index (χ3v) is 6.95. The number of aromatic nitrogens is 2. The van der Waals surface area contributed by atoms with Crippen LogP contribution in [-0.4, -0.2) is 33.7 Å². The van der Waals surface area contributed by atoms with Crippen molar-refractivity contribution in [1.29, 1.82) is 0 Å². The number of benzene rings is 2. The Hall–Kier alpha value is -3.61. The highest BCUT2D eigenvalue weighted by atomic mass is 16.5. The Bertz CT molecular complexity index is 1170.